The van der Waals surface area contributed by atoms with E-state index in [1.54, 1.807) is 7.11 Å². The molecule has 1 unspecified atom stereocenters. The minimum absolute atomic E-state index is 0.772. The molecule has 0 aliphatic rings. The van der Waals surface area contributed by atoms with E-state index in [0.29, 0.717) is 0 Å². The van der Waals surface area contributed by atoms with Gasteiger partial charge < -0.3 is 8.85 Å². The van der Waals surface area contributed by atoms with Gasteiger partial charge in [-0.3, -0.25) is 0 Å². The maximum absolute atomic E-state index is 5.85. The quantitative estimate of drug-likeness (QED) is 0.754. The summed E-state index contributed by atoms with van der Waals surface area (Å²) < 4.78 is 11.4. The molecule has 0 aliphatic heterocycles. The van der Waals surface area contributed by atoms with E-state index in [-0.39, 0.29) is 0 Å². The molecule has 0 heterocycles. The van der Waals surface area contributed by atoms with Crippen molar-refractivity contribution in [3.05, 3.63) is 42.5 Å². The molecule has 2 aromatic rings. The minimum atomic E-state index is -1.74. The van der Waals surface area contributed by atoms with Crippen molar-refractivity contribution in [1.82, 2.24) is 0 Å². The summed E-state index contributed by atoms with van der Waals surface area (Å²) in [6.07, 6.45) is 1.03. The molecule has 0 radical (unpaired) electrons. The normalized spacial score (nSPS) is 12.8. The fourth-order valence-electron chi connectivity index (χ4n) is 1.97. The van der Waals surface area contributed by atoms with Gasteiger partial charge >= 0.3 is 9.28 Å². The minimum Gasteiger partial charge on any atom is -0.397 e. The van der Waals surface area contributed by atoms with Crippen molar-refractivity contribution in [2.24, 2.45) is 0 Å². The highest BCUT2D eigenvalue weighted by Gasteiger charge is 2.17. The van der Waals surface area contributed by atoms with Gasteiger partial charge in [0.25, 0.3) is 0 Å². The first-order valence-corrected chi connectivity index (χ1v) is 7.51. The van der Waals surface area contributed by atoms with Crippen LogP contribution in [0.4, 0.5) is 0 Å². The lowest BCUT2D eigenvalue weighted by Crippen LogP contribution is -2.36. The molecule has 0 amide bonds. The first kappa shape index (κ1) is 12.3. The second-order valence-corrected chi connectivity index (χ2v) is 6.10. The number of benzene rings is 2. The number of fused-ring (bicyclic) bond motifs is 1. The van der Waals surface area contributed by atoms with E-state index in [2.05, 4.69) is 49.4 Å². The van der Waals surface area contributed by atoms with Crippen molar-refractivity contribution in [2.75, 3.05) is 13.7 Å². The highest BCUT2D eigenvalue weighted by molar-refractivity contribution is 6.64. The predicted octanol–water partition coefficient (Wildman–Crippen LogP) is 2.34. The smallest absolute Gasteiger partial charge is 0.356 e. The molecule has 2 aromatic carbocycles. The second kappa shape index (κ2) is 5.96. The number of hydrogen-bond acceptors (Lipinski definition) is 2. The lowest BCUT2D eigenvalue weighted by atomic mass is 10.1. The molecule has 2 nitrogen and oxygen atoms in total. The first-order valence-electron chi connectivity index (χ1n) is 5.99. The number of hydrogen-bond donors (Lipinski definition) is 0. The van der Waals surface area contributed by atoms with E-state index in [0.717, 1.165) is 13.0 Å². The third-order valence-corrected chi connectivity index (χ3v) is 4.74. The Hall–Kier alpha value is -1.16. The summed E-state index contributed by atoms with van der Waals surface area (Å²) in [4.78, 5) is 0. The molecule has 0 spiro atoms. The molecule has 3 heteroatoms. The summed E-state index contributed by atoms with van der Waals surface area (Å²) in [6, 6.07) is 14.7. The van der Waals surface area contributed by atoms with Crippen molar-refractivity contribution in [2.45, 2.75) is 13.3 Å². The van der Waals surface area contributed by atoms with Crippen molar-refractivity contribution < 1.29 is 8.85 Å². The Bertz CT molecular complexity index is 479. The Morgan fingerprint density at radius 3 is 2.59 bits per heavy atom. The molecule has 2 rings (SSSR count). The number of rotatable bonds is 5. The van der Waals surface area contributed by atoms with E-state index >= 15 is 0 Å². The topological polar surface area (TPSA) is 18.5 Å². The molecule has 90 valence electrons. The highest BCUT2D eigenvalue weighted by Crippen LogP contribution is 2.12. The molecule has 0 bridgehead atoms. The molecule has 0 N–H and O–H groups in total. The fourth-order valence-corrected chi connectivity index (χ4v) is 3.77. The van der Waals surface area contributed by atoms with Gasteiger partial charge in [-0.2, -0.15) is 0 Å². The van der Waals surface area contributed by atoms with Crippen LogP contribution in [0.3, 0.4) is 0 Å². The van der Waals surface area contributed by atoms with Crippen LogP contribution in [0.25, 0.3) is 10.8 Å². The van der Waals surface area contributed by atoms with E-state index in [4.69, 9.17) is 8.85 Å². The van der Waals surface area contributed by atoms with Gasteiger partial charge in [0.2, 0.25) is 0 Å². The summed E-state index contributed by atoms with van der Waals surface area (Å²) in [7, 11) is 0.00522. The Labute approximate surface area is 104 Å². The van der Waals surface area contributed by atoms with Crippen molar-refractivity contribution in [3.8, 4) is 0 Å². The van der Waals surface area contributed by atoms with Crippen LogP contribution < -0.4 is 5.19 Å². The van der Waals surface area contributed by atoms with Gasteiger partial charge in [-0.25, -0.2) is 0 Å². The van der Waals surface area contributed by atoms with Crippen molar-refractivity contribution >= 4 is 25.2 Å². The molecular formula is C14H18O2Si. The summed E-state index contributed by atoms with van der Waals surface area (Å²) in [5.74, 6) is 0. The van der Waals surface area contributed by atoms with E-state index < -0.39 is 9.28 Å². The molecule has 0 saturated heterocycles. The maximum atomic E-state index is 5.85. The van der Waals surface area contributed by atoms with Crippen LogP contribution in [0.2, 0.25) is 0 Å². The van der Waals surface area contributed by atoms with Gasteiger partial charge in [-0.1, -0.05) is 49.4 Å². The molecule has 1 atom stereocenters. The third-order valence-electron chi connectivity index (χ3n) is 2.76. The summed E-state index contributed by atoms with van der Waals surface area (Å²) in [5, 5.41) is 3.74. The largest absolute Gasteiger partial charge is 0.397 e. The first-order chi connectivity index (χ1) is 8.36. The lowest BCUT2D eigenvalue weighted by molar-refractivity contribution is 0.241. The zero-order chi connectivity index (χ0) is 12.1. The SMILES string of the molecule is CCCO[SiH](OC)c1cccc2ccccc12. The monoisotopic (exact) mass is 246 g/mol. The molecule has 17 heavy (non-hydrogen) atoms. The maximum Gasteiger partial charge on any atom is 0.356 e. The zero-order valence-corrected chi connectivity index (χ0v) is 11.5. The van der Waals surface area contributed by atoms with Gasteiger partial charge in [-0.05, 0) is 22.4 Å². The zero-order valence-electron chi connectivity index (χ0n) is 10.3. The average Bonchev–Trinajstić information content (AvgIpc) is 2.40. The van der Waals surface area contributed by atoms with Crippen LogP contribution in [0.15, 0.2) is 42.5 Å². The van der Waals surface area contributed by atoms with Crippen molar-refractivity contribution in [3.63, 3.8) is 0 Å². The Balaban J connectivity index is 2.38. The van der Waals surface area contributed by atoms with E-state index in [9.17, 15) is 0 Å². The van der Waals surface area contributed by atoms with Gasteiger partial charge in [0, 0.05) is 13.7 Å². The summed E-state index contributed by atoms with van der Waals surface area (Å²) >= 11 is 0. The van der Waals surface area contributed by atoms with Gasteiger partial charge in [0.1, 0.15) is 0 Å². The molecule has 0 saturated carbocycles. The molecule has 0 fully saturated rings. The summed E-state index contributed by atoms with van der Waals surface area (Å²) in [5.41, 5.74) is 0. The Kier molecular flexibility index (Phi) is 4.31. The molecule has 0 aromatic heterocycles. The summed E-state index contributed by atoms with van der Waals surface area (Å²) in [6.45, 7) is 2.89. The van der Waals surface area contributed by atoms with Crippen LogP contribution in [0.1, 0.15) is 13.3 Å². The average molecular weight is 246 g/mol. The van der Waals surface area contributed by atoms with Gasteiger partial charge in [0.15, 0.2) is 0 Å². The van der Waals surface area contributed by atoms with Crippen LogP contribution in [-0.4, -0.2) is 23.0 Å². The standard InChI is InChI=1S/C14H18O2Si/c1-3-11-16-17(15-2)14-10-6-8-12-7-4-5-9-13(12)14/h4-10,17H,3,11H2,1-2H3. The van der Waals surface area contributed by atoms with Crippen LogP contribution in [0, 0.1) is 0 Å². The molecule has 0 aliphatic carbocycles. The van der Waals surface area contributed by atoms with Gasteiger partial charge in [0.05, 0.1) is 0 Å². The fraction of sp³-hybridized carbons (Fsp3) is 0.286. The Morgan fingerprint density at radius 1 is 1.06 bits per heavy atom. The van der Waals surface area contributed by atoms with Crippen LogP contribution in [0.5, 0.6) is 0 Å². The van der Waals surface area contributed by atoms with Gasteiger partial charge in [-0.15, -0.1) is 0 Å². The highest BCUT2D eigenvalue weighted by atomic mass is 28.3. The van der Waals surface area contributed by atoms with Crippen LogP contribution >= 0.6 is 0 Å². The van der Waals surface area contributed by atoms with E-state index in [1.165, 1.54) is 16.0 Å². The molecular weight excluding hydrogens is 228 g/mol. The Morgan fingerprint density at radius 2 is 1.82 bits per heavy atom. The second-order valence-electron chi connectivity index (χ2n) is 4.01. The predicted molar refractivity (Wildman–Crippen MR) is 74.0 cm³/mol. The van der Waals surface area contributed by atoms with E-state index in [1.807, 2.05) is 0 Å². The third kappa shape index (κ3) is 2.75. The van der Waals surface area contributed by atoms with Crippen LogP contribution in [-0.2, 0) is 8.85 Å². The van der Waals surface area contributed by atoms with Crippen molar-refractivity contribution in [1.29, 1.82) is 0 Å². The lowest BCUT2D eigenvalue weighted by Gasteiger charge is -2.16.